The summed E-state index contributed by atoms with van der Waals surface area (Å²) in [6, 6.07) is 12.9. The first-order valence-electron chi connectivity index (χ1n) is 10.3. The summed E-state index contributed by atoms with van der Waals surface area (Å²) in [4.78, 5) is 30.9. The van der Waals surface area contributed by atoms with E-state index < -0.39 is 21.7 Å². The summed E-state index contributed by atoms with van der Waals surface area (Å²) in [5, 5.41) is 9.41. The second-order valence-corrected chi connectivity index (χ2v) is 10.2. The molecule has 0 saturated carbocycles. The SMILES string of the molecule is COc1cc(Cl)c(-n2c(=O)[nH]c3c(C)cc(C(=O)O)nc32)cc1S(=O)(=O)N(C)Cc1ccccc1. The van der Waals surface area contributed by atoms with Crippen molar-refractivity contribution >= 4 is 38.8 Å². The van der Waals surface area contributed by atoms with Crippen molar-refractivity contribution in [2.45, 2.75) is 18.4 Å². The number of ether oxygens (including phenoxy) is 1. The van der Waals surface area contributed by atoms with Crippen LogP contribution in [0.4, 0.5) is 0 Å². The number of methoxy groups -OCH3 is 1. The van der Waals surface area contributed by atoms with Gasteiger partial charge in [0.1, 0.15) is 10.6 Å². The van der Waals surface area contributed by atoms with Crippen LogP contribution in [0.3, 0.4) is 0 Å². The van der Waals surface area contributed by atoms with E-state index in [9.17, 15) is 23.1 Å². The molecule has 0 unspecified atom stereocenters. The van der Waals surface area contributed by atoms with Crippen LogP contribution in [0.1, 0.15) is 21.6 Å². The highest BCUT2D eigenvalue weighted by molar-refractivity contribution is 7.89. The molecule has 2 N–H and O–H groups in total. The summed E-state index contributed by atoms with van der Waals surface area (Å²) < 4.78 is 34.5. The van der Waals surface area contributed by atoms with Gasteiger partial charge in [-0.2, -0.15) is 4.31 Å². The summed E-state index contributed by atoms with van der Waals surface area (Å²) in [7, 11) is -1.36. The van der Waals surface area contributed by atoms with Crippen LogP contribution in [0, 0.1) is 6.92 Å². The number of benzene rings is 2. The average molecular weight is 517 g/mol. The second kappa shape index (κ2) is 9.17. The van der Waals surface area contributed by atoms with Crippen molar-refractivity contribution < 1.29 is 23.1 Å². The van der Waals surface area contributed by atoms with Crippen molar-refractivity contribution in [2.24, 2.45) is 0 Å². The molecule has 0 radical (unpaired) electrons. The van der Waals surface area contributed by atoms with Crippen LogP contribution in [0.2, 0.25) is 5.02 Å². The standard InChI is InChI=1S/C23H21ClN4O6S/c1-13-9-16(22(29)30)25-21-20(13)26-23(31)28(21)17-11-19(18(34-3)10-15(17)24)35(32,33)27(2)12-14-7-5-4-6-8-14/h4-11H,12H2,1-3H3,(H,26,31)(H,29,30). The molecule has 4 rings (SSSR count). The fraction of sp³-hybridized carbons (Fsp3) is 0.174. The number of aromatic nitrogens is 3. The second-order valence-electron chi connectivity index (χ2n) is 7.79. The van der Waals surface area contributed by atoms with Crippen molar-refractivity contribution in [2.75, 3.05) is 14.2 Å². The molecule has 0 saturated heterocycles. The molecular formula is C23H21ClN4O6S. The number of carbonyl (C=O) groups is 1. The van der Waals surface area contributed by atoms with E-state index in [-0.39, 0.29) is 39.2 Å². The third-order valence-electron chi connectivity index (χ3n) is 5.47. The number of carboxylic acids is 1. The van der Waals surface area contributed by atoms with E-state index in [1.54, 1.807) is 31.2 Å². The summed E-state index contributed by atoms with van der Waals surface area (Å²) in [5.41, 5.74) is 0.626. The zero-order valence-corrected chi connectivity index (χ0v) is 20.5. The number of hydrogen-bond acceptors (Lipinski definition) is 6. The first-order valence-corrected chi connectivity index (χ1v) is 12.1. The molecule has 4 aromatic rings. The molecule has 0 amide bonds. The number of aryl methyl sites for hydroxylation is 1. The van der Waals surface area contributed by atoms with E-state index in [0.717, 1.165) is 14.4 Å². The molecular weight excluding hydrogens is 496 g/mol. The maximum absolute atomic E-state index is 13.5. The van der Waals surface area contributed by atoms with Crippen LogP contribution in [0.5, 0.6) is 5.75 Å². The van der Waals surface area contributed by atoms with Gasteiger partial charge in [0.2, 0.25) is 10.0 Å². The van der Waals surface area contributed by atoms with Gasteiger partial charge in [-0.15, -0.1) is 0 Å². The number of sulfonamides is 1. The number of pyridine rings is 1. The minimum atomic E-state index is -4.10. The van der Waals surface area contributed by atoms with Crippen LogP contribution in [-0.2, 0) is 16.6 Å². The molecule has 12 heteroatoms. The highest BCUT2D eigenvalue weighted by Crippen LogP contribution is 2.35. The molecule has 0 aliphatic rings. The van der Waals surface area contributed by atoms with E-state index in [0.29, 0.717) is 11.1 Å². The molecule has 182 valence electrons. The van der Waals surface area contributed by atoms with Gasteiger partial charge in [0, 0.05) is 19.7 Å². The Hall–Kier alpha value is -3.67. The zero-order chi connectivity index (χ0) is 25.5. The molecule has 0 fully saturated rings. The highest BCUT2D eigenvalue weighted by Gasteiger charge is 2.28. The molecule has 35 heavy (non-hydrogen) atoms. The molecule has 2 aromatic heterocycles. The van der Waals surface area contributed by atoms with Crippen molar-refractivity contribution in [3.05, 3.63) is 80.9 Å². The fourth-order valence-electron chi connectivity index (χ4n) is 3.71. The number of nitrogens with zero attached hydrogens (tertiary/aromatic N) is 3. The smallest absolute Gasteiger partial charge is 0.354 e. The monoisotopic (exact) mass is 516 g/mol. The van der Waals surface area contributed by atoms with E-state index in [1.165, 1.54) is 32.4 Å². The van der Waals surface area contributed by atoms with Crippen molar-refractivity contribution in [1.82, 2.24) is 18.8 Å². The summed E-state index contributed by atoms with van der Waals surface area (Å²) in [5.74, 6) is -1.29. The molecule has 0 atom stereocenters. The molecule has 0 spiro atoms. The van der Waals surface area contributed by atoms with Crippen molar-refractivity contribution in [3.8, 4) is 11.4 Å². The van der Waals surface area contributed by atoms with Crippen molar-refractivity contribution in [1.29, 1.82) is 0 Å². The van der Waals surface area contributed by atoms with Gasteiger partial charge in [0.15, 0.2) is 11.3 Å². The minimum Gasteiger partial charge on any atom is -0.495 e. The highest BCUT2D eigenvalue weighted by atomic mass is 35.5. The number of aromatic amines is 1. The molecule has 10 nitrogen and oxygen atoms in total. The molecule has 2 aromatic carbocycles. The predicted molar refractivity (Wildman–Crippen MR) is 130 cm³/mol. The number of halogens is 1. The minimum absolute atomic E-state index is 0.000421. The first kappa shape index (κ1) is 24.5. The average Bonchev–Trinajstić information content (AvgIpc) is 3.15. The maximum atomic E-state index is 13.5. The number of H-pyrrole nitrogens is 1. The van der Waals surface area contributed by atoms with E-state index in [4.69, 9.17) is 16.3 Å². The van der Waals surface area contributed by atoms with Gasteiger partial charge in [0.05, 0.1) is 23.3 Å². The summed E-state index contributed by atoms with van der Waals surface area (Å²) in [6.45, 7) is 1.72. The lowest BCUT2D eigenvalue weighted by atomic mass is 10.2. The number of rotatable bonds is 7. The lowest BCUT2D eigenvalue weighted by Gasteiger charge is -2.20. The van der Waals surface area contributed by atoms with Gasteiger partial charge in [-0.05, 0) is 30.2 Å². The molecule has 0 aliphatic carbocycles. The predicted octanol–water partition coefficient (Wildman–Crippen LogP) is 3.20. The topological polar surface area (TPSA) is 135 Å². The van der Waals surface area contributed by atoms with E-state index >= 15 is 0 Å². The largest absolute Gasteiger partial charge is 0.495 e. The Bertz CT molecular complexity index is 1610. The maximum Gasteiger partial charge on any atom is 0.354 e. The third kappa shape index (κ3) is 4.41. The number of fused-ring (bicyclic) bond motifs is 1. The van der Waals surface area contributed by atoms with Gasteiger partial charge < -0.3 is 14.8 Å². The first-order chi connectivity index (χ1) is 16.5. The summed E-state index contributed by atoms with van der Waals surface area (Å²) in [6.07, 6.45) is 0. The van der Waals surface area contributed by atoms with Crippen molar-refractivity contribution in [3.63, 3.8) is 0 Å². The van der Waals surface area contributed by atoms with Gasteiger partial charge in [-0.1, -0.05) is 41.9 Å². The van der Waals surface area contributed by atoms with E-state index in [1.807, 2.05) is 6.07 Å². The third-order valence-corrected chi connectivity index (χ3v) is 7.60. The Kier molecular flexibility index (Phi) is 6.41. The molecule has 0 aliphatic heterocycles. The number of carboxylic acid groups (broad SMARTS) is 1. The van der Waals surface area contributed by atoms with Gasteiger partial charge in [-0.25, -0.2) is 27.6 Å². The number of hydrogen-bond donors (Lipinski definition) is 2. The fourth-order valence-corrected chi connectivity index (χ4v) is 5.26. The number of aromatic carboxylic acids is 1. The van der Waals surface area contributed by atoms with Crippen LogP contribution in [0.25, 0.3) is 16.9 Å². The Balaban J connectivity index is 1.92. The van der Waals surface area contributed by atoms with Crippen LogP contribution < -0.4 is 10.4 Å². The van der Waals surface area contributed by atoms with Gasteiger partial charge >= 0.3 is 11.7 Å². The molecule has 0 bridgehead atoms. The Morgan fingerprint density at radius 3 is 2.54 bits per heavy atom. The number of imidazole rings is 1. The zero-order valence-electron chi connectivity index (χ0n) is 18.9. The van der Waals surface area contributed by atoms with Crippen LogP contribution in [0.15, 0.2) is 58.2 Å². The van der Waals surface area contributed by atoms with Gasteiger partial charge in [0.25, 0.3) is 0 Å². The lowest BCUT2D eigenvalue weighted by molar-refractivity contribution is 0.0690. The van der Waals surface area contributed by atoms with E-state index in [2.05, 4.69) is 9.97 Å². The quantitative estimate of drug-likeness (QED) is 0.385. The normalized spacial score (nSPS) is 11.8. The van der Waals surface area contributed by atoms with Crippen LogP contribution in [-0.4, -0.2) is 52.5 Å². The Morgan fingerprint density at radius 1 is 1.23 bits per heavy atom. The number of nitrogens with one attached hydrogen (secondary N) is 1. The lowest BCUT2D eigenvalue weighted by Crippen LogP contribution is -2.27. The summed E-state index contributed by atoms with van der Waals surface area (Å²) >= 11 is 6.44. The van der Waals surface area contributed by atoms with Gasteiger partial charge in [-0.3, -0.25) is 0 Å². The Morgan fingerprint density at radius 2 is 1.91 bits per heavy atom. The van der Waals surface area contributed by atoms with Crippen LogP contribution >= 0.6 is 11.6 Å². The Labute approximate surface area is 205 Å². The molecule has 2 heterocycles.